The van der Waals surface area contributed by atoms with Crippen LogP contribution in [0.4, 0.5) is 0 Å². The average Bonchev–Trinajstić information content (AvgIpc) is 3.05. The molecule has 0 bridgehead atoms. The highest BCUT2D eigenvalue weighted by molar-refractivity contribution is 7.89. The van der Waals surface area contributed by atoms with E-state index in [0.717, 1.165) is 17.6 Å². The van der Waals surface area contributed by atoms with E-state index in [1.807, 2.05) is 18.2 Å². The van der Waals surface area contributed by atoms with Crippen molar-refractivity contribution in [2.75, 3.05) is 18.8 Å². The topological polar surface area (TPSA) is 53.2 Å². The Morgan fingerprint density at radius 2 is 2.16 bits per heavy atom. The minimum Gasteiger partial charge on any atom is -0.358 e. The van der Waals surface area contributed by atoms with Gasteiger partial charge in [-0.15, -0.1) is 0 Å². The summed E-state index contributed by atoms with van der Waals surface area (Å²) >= 11 is 0. The van der Waals surface area contributed by atoms with Gasteiger partial charge in [0.1, 0.15) is 0 Å². The predicted octanol–water partition coefficient (Wildman–Crippen LogP) is 2.31. The number of nitrogens with zero attached hydrogens (tertiary/aromatic N) is 1. The van der Waals surface area contributed by atoms with Gasteiger partial charge in [-0.2, -0.15) is 0 Å². The van der Waals surface area contributed by atoms with Gasteiger partial charge >= 0.3 is 0 Å². The summed E-state index contributed by atoms with van der Waals surface area (Å²) in [5, 5.41) is 1.19. The fraction of sp³-hybridized carbons (Fsp3) is 0.429. The molecule has 1 fully saturated rings. The maximum absolute atomic E-state index is 11.9. The Balaban J connectivity index is 1.85. The third-order valence-corrected chi connectivity index (χ3v) is 5.75. The van der Waals surface area contributed by atoms with E-state index in [9.17, 15) is 8.42 Å². The van der Waals surface area contributed by atoms with Crippen LogP contribution in [0.3, 0.4) is 0 Å². The van der Waals surface area contributed by atoms with Crippen molar-refractivity contribution in [1.82, 2.24) is 9.29 Å². The number of H-pyrrole nitrogens is 1. The van der Waals surface area contributed by atoms with E-state index in [2.05, 4.69) is 17.1 Å². The molecule has 0 aliphatic carbocycles. The van der Waals surface area contributed by atoms with Gasteiger partial charge in [-0.3, -0.25) is 0 Å². The van der Waals surface area contributed by atoms with Gasteiger partial charge in [-0.05, 0) is 30.9 Å². The molecular formula is C14H18N2O2S. The summed E-state index contributed by atoms with van der Waals surface area (Å²) in [4.78, 5) is 3.41. The lowest BCUT2D eigenvalue weighted by Gasteiger charge is -2.14. The molecule has 3 rings (SSSR count). The first-order chi connectivity index (χ1) is 9.10. The largest absolute Gasteiger partial charge is 0.358 e. The normalized spacial score (nSPS) is 21.2. The number of benzene rings is 1. The number of sulfonamides is 1. The van der Waals surface area contributed by atoms with Crippen molar-refractivity contribution in [3.63, 3.8) is 0 Å². The van der Waals surface area contributed by atoms with Crippen molar-refractivity contribution in [2.45, 2.75) is 19.3 Å². The lowest BCUT2D eigenvalue weighted by molar-refractivity contribution is 0.473. The molecule has 5 heteroatoms. The number of aromatic nitrogens is 1. The molecule has 1 unspecified atom stereocenters. The molecule has 4 nitrogen and oxygen atoms in total. The van der Waals surface area contributed by atoms with E-state index in [-0.39, 0.29) is 11.7 Å². The van der Waals surface area contributed by atoms with Crippen molar-refractivity contribution in [2.24, 2.45) is 0 Å². The van der Waals surface area contributed by atoms with Crippen LogP contribution < -0.4 is 0 Å². The zero-order valence-electron chi connectivity index (χ0n) is 11.0. The number of para-hydroxylation sites is 1. The monoisotopic (exact) mass is 278 g/mol. The van der Waals surface area contributed by atoms with E-state index in [0.29, 0.717) is 13.1 Å². The highest BCUT2D eigenvalue weighted by Crippen LogP contribution is 2.30. The van der Waals surface area contributed by atoms with Crippen LogP contribution in [-0.2, 0) is 10.0 Å². The third-order valence-electron chi connectivity index (χ3n) is 3.90. The summed E-state index contributed by atoms with van der Waals surface area (Å²) in [6.07, 6.45) is 0.895. The molecule has 0 saturated carbocycles. The fourth-order valence-electron chi connectivity index (χ4n) is 2.73. The van der Waals surface area contributed by atoms with Crippen molar-refractivity contribution >= 4 is 20.9 Å². The van der Waals surface area contributed by atoms with Crippen LogP contribution >= 0.6 is 0 Å². The van der Waals surface area contributed by atoms with Crippen LogP contribution in [0, 0.1) is 0 Å². The maximum Gasteiger partial charge on any atom is 0.213 e. The number of nitrogens with one attached hydrogen (secondary N) is 1. The summed E-state index contributed by atoms with van der Waals surface area (Å²) in [5.41, 5.74) is 2.27. The molecule has 1 aromatic heterocycles. The molecule has 0 radical (unpaired) electrons. The molecule has 1 atom stereocenters. The summed E-state index contributed by atoms with van der Waals surface area (Å²) in [5.74, 6) is 0.473. The van der Waals surface area contributed by atoms with Gasteiger partial charge in [0.15, 0.2) is 0 Å². The molecule has 2 heterocycles. The Bertz CT molecular complexity index is 657. The summed E-state index contributed by atoms with van der Waals surface area (Å²) in [6, 6.07) is 10.3. The number of hydrogen-bond donors (Lipinski definition) is 1. The number of hydrogen-bond acceptors (Lipinski definition) is 2. The number of fused-ring (bicyclic) bond motifs is 1. The van der Waals surface area contributed by atoms with Crippen molar-refractivity contribution in [3.8, 4) is 0 Å². The van der Waals surface area contributed by atoms with E-state index < -0.39 is 10.0 Å². The lowest BCUT2D eigenvalue weighted by atomic mass is 10.1. The van der Waals surface area contributed by atoms with Crippen LogP contribution in [0.15, 0.2) is 30.3 Å². The predicted molar refractivity (Wildman–Crippen MR) is 76.7 cm³/mol. The molecule has 102 valence electrons. The van der Waals surface area contributed by atoms with E-state index in [4.69, 9.17) is 0 Å². The van der Waals surface area contributed by atoms with Crippen molar-refractivity contribution < 1.29 is 8.42 Å². The van der Waals surface area contributed by atoms with Crippen LogP contribution in [-0.4, -0.2) is 36.5 Å². The van der Waals surface area contributed by atoms with Gasteiger partial charge in [0.2, 0.25) is 10.0 Å². The number of aromatic amines is 1. The minimum absolute atomic E-state index is 0.187. The zero-order valence-corrected chi connectivity index (χ0v) is 11.8. The molecule has 2 aromatic rings. The second kappa shape index (κ2) is 4.65. The van der Waals surface area contributed by atoms with Gasteiger partial charge in [-0.25, -0.2) is 12.7 Å². The highest BCUT2D eigenvalue weighted by atomic mass is 32.2. The van der Waals surface area contributed by atoms with Gasteiger partial charge in [0, 0.05) is 30.2 Å². The third kappa shape index (κ3) is 2.28. The molecule has 19 heavy (non-hydrogen) atoms. The molecular weight excluding hydrogens is 260 g/mol. The van der Waals surface area contributed by atoms with Crippen molar-refractivity contribution in [3.05, 3.63) is 36.0 Å². The summed E-state index contributed by atoms with van der Waals surface area (Å²) < 4.78 is 25.3. The molecule has 0 amide bonds. The Kier molecular flexibility index (Phi) is 3.11. The quantitative estimate of drug-likeness (QED) is 0.936. The molecule has 0 spiro atoms. The Morgan fingerprint density at radius 3 is 2.89 bits per heavy atom. The Morgan fingerprint density at radius 1 is 1.37 bits per heavy atom. The van der Waals surface area contributed by atoms with Gasteiger partial charge in [-0.1, -0.05) is 18.2 Å². The standard InChI is InChI=1S/C14H18N2O2S/c1-2-19(17,18)16-8-7-12(10-16)14-9-11-5-3-4-6-13(11)15-14/h3-6,9,12,15H,2,7-8,10H2,1H3. The fourth-order valence-corrected chi connectivity index (χ4v) is 3.89. The van der Waals surface area contributed by atoms with Crippen molar-refractivity contribution in [1.29, 1.82) is 0 Å². The Labute approximate surface area is 113 Å². The lowest BCUT2D eigenvalue weighted by Crippen LogP contribution is -2.29. The minimum atomic E-state index is -3.05. The molecule has 1 aliphatic rings. The van der Waals surface area contributed by atoms with Crippen LogP contribution in [0.5, 0.6) is 0 Å². The highest BCUT2D eigenvalue weighted by Gasteiger charge is 2.31. The van der Waals surface area contributed by atoms with E-state index in [1.54, 1.807) is 11.2 Å². The van der Waals surface area contributed by atoms with E-state index in [1.165, 1.54) is 5.39 Å². The second-order valence-corrected chi connectivity index (χ2v) is 7.31. The molecule has 1 N–H and O–H groups in total. The van der Waals surface area contributed by atoms with Crippen LogP contribution in [0.1, 0.15) is 25.0 Å². The zero-order chi connectivity index (χ0) is 13.5. The first-order valence-electron chi connectivity index (χ1n) is 6.65. The SMILES string of the molecule is CCS(=O)(=O)N1CCC(c2cc3ccccc3[nH]2)C1. The molecule has 1 saturated heterocycles. The van der Waals surface area contributed by atoms with E-state index >= 15 is 0 Å². The second-order valence-electron chi connectivity index (χ2n) is 5.06. The summed E-state index contributed by atoms with van der Waals surface area (Å²) in [7, 11) is -3.05. The van der Waals surface area contributed by atoms with Gasteiger partial charge in [0.25, 0.3) is 0 Å². The first-order valence-corrected chi connectivity index (χ1v) is 8.26. The van der Waals surface area contributed by atoms with Crippen LogP contribution in [0.25, 0.3) is 10.9 Å². The molecule has 1 aliphatic heterocycles. The first kappa shape index (κ1) is 12.7. The smallest absolute Gasteiger partial charge is 0.213 e. The van der Waals surface area contributed by atoms with Crippen LogP contribution in [0.2, 0.25) is 0 Å². The maximum atomic E-state index is 11.9. The Hall–Kier alpha value is -1.33. The average molecular weight is 278 g/mol. The summed E-state index contributed by atoms with van der Waals surface area (Å²) in [6.45, 7) is 2.94. The molecule has 1 aromatic carbocycles. The number of rotatable bonds is 3. The van der Waals surface area contributed by atoms with Gasteiger partial charge < -0.3 is 4.98 Å². The van der Waals surface area contributed by atoms with Gasteiger partial charge in [0.05, 0.1) is 5.75 Å².